The summed E-state index contributed by atoms with van der Waals surface area (Å²) in [5.74, 6) is -2.23. The molecule has 1 aromatic carbocycles. The molecule has 5 rings (SSSR count). The molecule has 1 saturated carbocycles. The van der Waals surface area contributed by atoms with Gasteiger partial charge in [0, 0.05) is 55.1 Å². The number of rotatable bonds is 3. The average molecular weight is 558 g/mol. The highest BCUT2D eigenvalue weighted by molar-refractivity contribution is 6.23. The Bertz CT molecular complexity index is 1630. The number of hydrogen-bond donors (Lipinski definition) is 5. The molecule has 0 bridgehead atoms. The molecule has 0 spiro atoms. The first-order valence-electron chi connectivity index (χ1n) is 13.3. The summed E-state index contributed by atoms with van der Waals surface area (Å²) in [6.07, 6.45) is 3.44. The third-order valence-electron chi connectivity index (χ3n) is 8.43. The molecule has 10 heteroatoms. The number of nitrogens with zero attached hydrogens (tertiary/aromatic N) is 2. The van der Waals surface area contributed by atoms with Crippen molar-refractivity contribution in [3.05, 3.63) is 69.8 Å². The number of carbonyl (C=O) groups excluding carboxylic acids is 3. The Morgan fingerprint density at radius 3 is 2.49 bits per heavy atom. The lowest BCUT2D eigenvalue weighted by molar-refractivity contribution is -0.155. The highest BCUT2D eigenvalue weighted by Crippen LogP contribution is 2.55. The molecule has 1 aromatic heterocycles. The maximum Gasteiger partial charge on any atom is 0.255 e. The number of primary amides is 1. The molecule has 212 valence electrons. The van der Waals surface area contributed by atoms with Crippen LogP contribution in [0.4, 0.5) is 5.69 Å². The van der Waals surface area contributed by atoms with Gasteiger partial charge < -0.3 is 31.1 Å². The van der Waals surface area contributed by atoms with Crippen molar-refractivity contribution in [1.82, 2.24) is 4.98 Å². The van der Waals surface area contributed by atoms with Gasteiger partial charge in [-0.25, -0.2) is 0 Å². The average Bonchev–Trinajstić information content (AvgIpc) is 2.90. The van der Waals surface area contributed by atoms with E-state index in [-0.39, 0.29) is 35.3 Å². The van der Waals surface area contributed by atoms with Crippen molar-refractivity contribution in [3.63, 3.8) is 0 Å². The molecule has 3 aliphatic carbocycles. The fourth-order valence-corrected chi connectivity index (χ4v) is 6.60. The fourth-order valence-electron chi connectivity index (χ4n) is 6.60. The standard InChI is InChI=1S/C31H31N3O7/c1-14(2)21-19-11-17-10-18-20(34(3)4)12-16(8-7-15-6-5-9-33-13-15)25(35)23(18)27(37)22(17)28(38)31(19,41)29(39)24(26(21)36)30(32)40/h5-6,9,12-14,17,19,21,35,37,39,41H,10-11H2,1-4H3,(H2,32,40)/t17-,19-,21-,31-/m0/s1. The molecule has 41 heavy (non-hydrogen) atoms. The summed E-state index contributed by atoms with van der Waals surface area (Å²) in [7, 11) is 3.60. The smallest absolute Gasteiger partial charge is 0.255 e. The Hall–Kier alpha value is -4.62. The number of ketones is 2. The van der Waals surface area contributed by atoms with Gasteiger partial charge in [0.2, 0.25) is 5.78 Å². The molecular formula is C31H31N3O7. The molecule has 4 atom stereocenters. The van der Waals surface area contributed by atoms with E-state index in [0.29, 0.717) is 16.8 Å². The van der Waals surface area contributed by atoms with E-state index in [1.165, 1.54) is 0 Å². The topological polar surface area (TPSA) is 174 Å². The zero-order chi connectivity index (χ0) is 30.0. The number of benzene rings is 1. The molecule has 1 amide bonds. The zero-order valence-electron chi connectivity index (χ0n) is 23.1. The second-order valence-corrected chi connectivity index (χ2v) is 11.4. The maximum atomic E-state index is 14.1. The van der Waals surface area contributed by atoms with Crippen LogP contribution < -0.4 is 10.6 Å². The number of pyridine rings is 1. The van der Waals surface area contributed by atoms with Crippen LogP contribution in [0.25, 0.3) is 5.76 Å². The first-order chi connectivity index (χ1) is 19.3. The van der Waals surface area contributed by atoms with E-state index in [9.17, 15) is 34.8 Å². The van der Waals surface area contributed by atoms with Gasteiger partial charge in [0.15, 0.2) is 11.4 Å². The van der Waals surface area contributed by atoms with Crippen molar-refractivity contribution in [1.29, 1.82) is 0 Å². The van der Waals surface area contributed by atoms with Crippen molar-refractivity contribution in [2.45, 2.75) is 32.3 Å². The summed E-state index contributed by atoms with van der Waals surface area (Å²) < 4.78 is 0. The van der Waals surface area contributed by atoms with Gasteiger partial charge in [-0.3, -0.25) is 19.4 Å². The van der Waals surface area contributed by atoms with Gasteiger partial charge in [0.05, 0.1) is 11.1 Å². The molecule has 0 radical (unpaired) electrons. The molecule has 3 aliphatic rings. The lowest BCUT2D eigenvalue weighted by Crippen LogP contribution is -2.62. The number of hydrogen-bond acceptors (Lipinski definition) is 9. The van der Waals surface area contributed by atoms with Crippen LogP contribution in [0.3, 0.4) is 0 Å². The number of aromatic hydroxyl groups is 1. The molecule has 1 heterocycles. The minimum atomic E-state index is -2.65. The molecule has 1 fully saturated rings. The number of amides is 1. The number of phenolic OH excluding ortho intramolecular Hbond substituents is 1. The first-order valence-corrected chi connectivity index (χ1v) is 13.3. The second kappa shape index (κ2) is 9.78. The quantitative estimate of drug-likeness (QED) is 0.280. The Kier molecular flexibility index (Phi) is 6.66. The van der Waals surface area contributed by atoms with Crippen LogP contribution >= 0.6 is 0 Å². The predicted molar refractivity (Wildman–Crippen MR) is 150 cm³/mol. The van der Waals surface area contributed by atoms with E-state index in [0.717, 1.165) is 0 Å². The number of fused-ring (bicyclic) bond motifs is 3. The summed E-state index contributed by atoms with van der Waals surface area (Å²) >= 11 is 0. The number of aliphatic hydroxyl groups excluding tert-OH is 2. The van der Waals surface area contributed by atoms with Gasteiger partial charge in [-0.15, -0.1) is 0 Å². The van der Waals surface area contributed by atoms with E-state index >= 15 is 0 Å². The molecule has 10 nitrogen and oxygen atoms in total. The van der Waals surface area contributed by atoms with Crippen molar-refractivity contribution in [3.8, 4) is 17.6 Å². The van der Waals surface area contributed by atoms with Crippen LogP contribution in [0.2, 0.25) is 0 Å². The second-order valence-electron chi connectivity index (χ2n) is 11.4. The monoisotopic (exact) mass is 557 g/mol. The molecule has 0 saturated heterocycles. The fraction of sp³-hybridized carbons (Fsp3) is 0.355. The van der Waals surface area contributed by atoms with Crippen molar-refractivity contribution in [2.75, 3.05) is 19.0 Å². The Labute approximate surface area is 236 Å². The lowest BCUT2D eigenvalue weighted by Gasteiger charge is -2.50. The number of phenols is 1. The van der Waals surface area contributed by atoms with Crippen molar-refractivity contribution in [2.24, 2.45) is 29.4 Å². The summed E-state index contributed by atoms with van der Waals surface area (Å²) in [6.45, 7) is 3.45. The van der Waals surface area contributed by atoms with Crippen LogP contribution in [-0.2, 0) is 20.8 Å². The summed E-state index contributed by atoms with van der Waals surface area (Å²) in [5, 5.41) is 45.7. The van der Waals surface area contributed by atoms with E-state index in [4.69, 9.17) is 5.73 Å². The highest BCUT2D eigenvalue weighted by atomic mass is 16.3. The van der Waals surface area contributed by atoms with Crippen LogP contribution in [0.15, 0.2) is 47.5 Å². The van der Waals surface area contributed by atoms with Gasteiger partial charge in [-0.2, -0.15) is 0 Å². The van der Waals surface area contributed by atoms with Crippen molar-refractivity contribution < 1.29 is 34.8 Å². The number of Topliss-reactive ketones (excluding diaryl/α,β-unsaturated/α-hetero) is 2. The summed E-state index contributed by atoms with van der Waals surface area (Å²) in [4.78, 5) is 45.3. The largest absolute Gasteiger partial charge is 0.508 e. The van der Waals surface area contributed by atoms with E-state index in [1.807, 2.05) is 4.90 Å². The molecule has 0 unspecified atom stereocenters. The number of aromatic nitrogens is 1. The lowest BCUT2D eigenvalue weighted by atomic mass is 9.54. The van der Waals surface area contributed by atoms with Gasteiger partial charge in [-0.05, 0) is 48.4 Å². The van der Waals surface area contributed by atoms with E-state index < -0.39 is 63.8 Å². The summed E-state index contributed by atoms with van der Waals surface area (Å²) in [6, 6.07) is 5.18. The third-order valence-corrected chi connectivity index (χ3v) is 8.43. The first kappa shape index (κ1) is 27.9. The van der Waals surface area contributed by atoms with Crippen LogP contribution in [-0.4, -0.2) is 62.6 Å². The number of aliphatic hydroxyl groups is 3. The highest BCUT2D eigenvalue weighted by Gasteiger charge is 2.64. The SMILES string of the molecule is CC(C)[C@@H]1C(=O)C(C(N)=O)=C(O)[C@@]2(O)C(=O)C3=C(O)c4c(O)c(C#Cc5cccnc5)cc(N(C)C)c4C[C@H]3C[C@@H]12. The normalized spacial score (nSPS) is 25.3. The van der Waals surface area contributed by atoms with Gasteiger partial charge in [0.1, 0.15) is 22.8 Å². The van der Waals surface area contributed by atoms with Gasteiger partial charge in [-0.1, -0.05) is 25.7 Å². The minimum absolute atomic E-state index is 0.000716. The molecular weight excluding hydrogens is 526 g/mol. The zero-order valence-corrected chi connectivity index (χ0v) is 23.1. The molecule has 6 N–H and O–H groups in total. The van der Waals surface area contributed by atoms with Gasteiger partial charge in [0.25, 0.3) is 5.91 Å². The van der Waals surface area contributed by atoms with Gasteiger partial charge >= 0.3 is 0 Å². The maximum absolute atomic E-state index is 14.1. The Morgan fingerprint density at radius 1 is 1.20 bits per heavy atom. The van der Waals surface area contributed by atoms with Crippen molar-refractivity contribution >= 4 is 28.9 Å². The van der Waals surface area contributed by atoms with E-state index in [2.05, 4.69) is 16.8 Å². The third kappa shape index (κ3) is 4.07. The Morgan fingerprint density at radius 2 is 1.90 bits per heavy atom. The number of carbonyl (C=O) groups is 3. The molecule has 2 aromatic rings. The summed E-state index contributed by atoms with van der Waals surface area (Å²) in [5.41, 5.74) is 3.78. The van der Waals surface area contributed by atoms with Crippen LogP contribution in [0, 0.1) is 35.5 Å². The van der Waals surface area contributed by atoms with E-state index in [1.54, 1.807) is 58.5 Å². The predicted octanol–water partition coefficient (Wildman–Crippen LogP) is 2.17. The number of anilines is 1. The number of nitrogens with two attached hydrogens (primary N) is 1. The molecule has 0 aliphatic heterocycles. The Balaban J connectivity index is 1.73. The minimum Gasteiger partial charge on any atom is -0.508 e. The van der Waals surface area contributed by atoms with Crippen LogP contribution in [0.5, 0.6) is 5.75 Å². The van der Waals surface area contributed by atoms with Crippen LogP contribution in [0.1, 0.15) is 42.5 Å².